The van der Waals surface area contributed by atoms with Crippen LogP contribution in [-0.4, -0.2) is 0 Å². The van der Waals surface area contributed by atoms with E-state index in [1.165, 1.54) is 11.1 Å². The van der Waals surface area contributed by atoms with Crippen LogP contribution in [0.1, 0.15) is 11.1 Å². The topological polar surface area (TPSA) is 0 Å². The van der Waals surface area contributed by atoms with E-state index in [0.29, 0.717) is 0 Å². The van der Waals surface area contributed by atoms with Crippen molar-refractivity contribution in [2.75, 3.05) is 0 Å². The Morgan fingerprint density at radius 3 is 0.947 bits per heavy atom. The third-order valence-corrected chi connectivity index (χ3v) is 2.24. The van der Waals surface area contributed by atoms with Gasteiger partial charge in [-0.25, -0.2) is 0 Å². The molecule has 2 aromatic rings. The summed E-state index contributed by atoms with van der Waals surface area (Å²) < 4.78 is 0. The fourth-order valence-corrected chi connectivity index (χ4v) is 1.39. The van der Waals surface area contributed by atoms with E-state index in [2.05, 4.69) is 38.1 Å². The van der Waals surface area contributed by atoms with Crippen molar-refractivity contribution in [2.45, 2.75) is 0 Å². The summed E-state index contributed by atoms with van der Waals surface area (Å²) in [5, 5.41) is 0. The fourth-order valence-electron chi connectivity index (χ4n) is 1.39. The van der Waals surface area contributed by atoms with E-state index in [4.69, 9.17) is 0 Å². The van der Waals surface area contributed by atoms with Gasteiger partial charge in [0.25, 0.3) is 0 Å². The third-order valence-electron chi connectivity index (χ3n) is 2.24. The quantitative estimate of drug-likeness (QED) is 0.633. The Labute approximate surface area is 165 Å². The Balaban J connectivity index is -0.000000225. The average molecular weight is 399 g/mol. The third kappa shape index (κ3) is 8.40. The maximum Gasteiger partial charge on any atom is 2.00 e. The molecule has 2 rings (SSSR count). The average Bonchev–Trinajstić information content (AvgIpc) is 2.21. The zero-order valence-corrected chi connectivity index (χ0v) is 16.4. The Hall–Kier alpha value is 0.518. The molecule has 4 radical (unpaired) electrons. The van der Waals surface area contributed by atoms with Crippen LogP contribution in [0.4, 0.5) is 0 Å². The van der Waals surface area contributed by atoms with E-state index in [1.807, 2.05) is 24.3 Å². The molecule has 0 atom stereocenters. The normalized spacial score (nSPS) is 7.37. The molecule has 96 valence electrons. The van der Waals surface area contributed by atoms with Crippen LogP contribution >= 0.6 is 0 Å². The van der Waals surface area contributed by atoms with Gasteiger partial charge in [0, 0.05) is 55.7 Å². The molecule has 0 saturated carbocycles. The van der Waals surface area contributed by atoms with Gasteiger partial charge in [-0.3, -0.25) is 0 Å². The number of benzene rings is 2. The van der Waals surface area contributed by atoms with Gasteiger partial charge in [0.2, 0.25) is 0 Å². The monoisotopic (exact) mass is 399 g/mol. The standard InChI is InChI=1S/C14H12.CH3.4V/c1-11-3-7-13(8-4-11)14-9-5-12(2)6-10-14;;;;;/h3-10H,1-2H2;1H3;;;;/q-2;-1;;;;+2. The van der Waals surface area contributed by atoms with Crippen molar-refractivity contribution in [1.82, 2.24) is 0 Å². The number of hydrogen-bond acceptors (Lipinski definition) is 0. The fraction of sp³-hybridized carbons (Fsp3) is 0. The first-order chi connectivity index (χ1) is 6.75. The minimum atomic E-state index is 0. The Bertz CT molecular complexity index is 377. The molecule has 0 saturated heterocycles. The first-order valence-electron chi connectivity index (χ1n) is 4.60. The van der Waals surface area contributed by atoms with Crippen LogP contribution in [0.3, 0.4) is 0 Å². The van der Waals surface area contributed by atoms with E-state index < -0.39 is 0 Å². The molecule has 0 amide bonds. The first-order valence-corrected chi connectivity index (χ1v) is 4.60. The first kappa shape index (κ1) is 27.8. The van der Waals surface area contributed by atoms with Crippen molar-refractivity contribution in [1.29, 1.82) is 0 Å². The van der Waals surface area contributed by atoms with Gasteiger partial charge in [-0.2, -0.15) is 49.2 Å². The van der Waals surface area contributed by atoms with Crippen molar-refractivity contribution in [2.24, 2.45) is 0 Å². The maximum atomic E-state index is 3.86. The van der Waals surface area contributed by atoms with Crippen LogP contribution in [0.25, 0.3) is 11.1 Å². The zero-order chi connectivity index (χ0) is 9.97. The van der Waals surface area contributed by atoms with Crippen LogP contribution < -0.4 is 0 Å². The summed E-state index contributed by atoms with van der Waals surface area (Å²) >= 11 is 0. The minimum absolute atomic E-state index is 0. The van der Waals surface area contributed by atoms with Gasteiger partial charge in [-0.1, -0.05) is 0 Å². The van der Waals surface area contributed by atoms with Gasteiger partial charge in [0.05, 0.1) is 0 Å². The van der Waals surface area contributed by atoms with Gasteiger partial charge < -0.3 is 7.43 Å². The van der Waals surface area contributed by atoms with Crippen molar-refractivity contribution in [3.63, 3.8) is 0 Å². The largest absolute Gasteiger partial charge is 2.00 e. The van der Waals surface area contributed by atoms with Crippen molar-refractivity contribution < 1.29 is 74.2 Å². The second kappa shape index (κ2) is 13.5. The summed E-state index contributed by atoms with van der Waals surface area (Å²) in [5.74, 6) is 0. The van der Waals surface area contributed by atoms with Crippen molar-refractivity contribution >= 4 is 0 Å². The van der Waals surface area contributed by atoms with Gasteiger partial charge in [0.15, 0.2) is 0 Å². The van der Waals surface area contributed by atoms with Gasteiger partial charge in [-0.15, -0.1) is 24.3 Å². The minimum Gasteiger partial charge on any atom is -0.358 e. The van der Waals surface area contributed by atoms with E-state index in [1.54, 1.807) is 0 Å². The summed E-state index contributed by atoms with van der Waals surface area (Å²) in [6.07, 6.45) is 0. The van der Waals surface area contributed by atoms with Gasteiger partial charge in [0.1, 0.15) is 0 Å². The predicted molar refractivity (Wildman–Crippen MR) is 67.2 cm³/mol. The molecule has 0 fully saturated rings. The molecule has 0 heterocycles. The molecular formula is C15H15V4-. The number of rotatable bonds is 1. The summed E-state index contributed by atoms with van der Waals surface area (Å²) in [5.41, 5.74) is 4.53. The van der Waals surface area contributed by atoms with Crippen LogP contribution in [0.2, 0.25) is 0 Å². The van der Waals surface area contributed by atoms with Crippen LogP contribution in [-0.2, 0) is 74.2 Å². The molecule has 0 aliphatic carbocycles. The summed E-state index contributed by atoms with van der Waals surface area (Å²) in [4.78, 5) is 0. The Kier molecular flexibility index (Phi) is 19.7. The molecular weight excluding hydrogens is 384 g/mol. The van der Waals surface area contributed by atoms with Crippen molar-refractivity contribution in [3.8, 4) is 11.1 Å². The molecule has 4 heteroatoms. The summed E-state index contributed by atoms with van der Waals surface area (Å²) in [6, 6.07) is 16.4. The van der Waals surface area contributed by atoms with Gasteiger partial charge in [-0.05, 0) is 11.1 Å². The van der Waals surface area contributed by atoms with Gasteiger partial charge >= 0.3 is 18.6 Å². The molecule has 19 heavy (non-hydrogen) atoms. The summed E-state index contributed by atoms with van der Waals surface area (Å²) in [6.45, 7) is 7.72. The van der Waals surface area contributed by atoms with E-state index in [9.17, 15) is 0 Å². The van der Waals surface area contributed by atoms with Crippen LogP contribution in [0.15, 0.2) is 48.5 Å². The number of hydrogen-bond donors (Lipinski definition) is 0. The zero-order valence-electron chi connectivity index (χ0n) is 10.8. The molecule has 0 nitrogen and oxygen atoms in total. The summed E-state index contributed by atoms with van der Waals surface area (Å²) in [7, 11) is 0. The molecule has 0 spiro atoms. The Morgan fingerprint density at radius 1 is 0.526 bits per heavy atom. The van der Waals surface area contributed by atoms with E-state index >= 15 is 0 Å². The van der Waals surface area contributed by atoms with Crippen molar-refractivity contribution in [3.05, 3.63) is 80.9 Å². The van der Waals surface area contributed by atoms with Crippen LogP contribution in [0, 0.1) is 21.3 Å². The predicted octanol–water partition coefficient (Wildman–Crippen LogP) is 4.16. The molecule has 0 N–H and O–H groups in total. The molecule has 0 aliphatic heterocycles. The van der Waals surface area contributed by atoms with E-state index in [-0.39, 0.29) is 81.6 Å². The smallest absolute Gasteiger partial charge is 0.358 e. The molecule has 0 bridgehead atoms. The second-order valence-electron chi connectivity index (χ2n) is 3.39. The van der Waals surface area contributed by atoms with E-state index in [0.717, 1.165) is 11.1 Å². The molecule has 0 aliphatic rings. The van der Waals surface area contributed by atoms with Crippen LogP contribution in [0.5, 0.6) is 0 Å². The second-order valence-corrected chi connectivity index (χ2v) is 3.39. The SMILES string of the molecule is [CH2-]c1ccc(-c2ccc([CH2-])cc2)cc1.[CH3-].[V+2].[V].[V].[V]. The Morgan fingerprint density at radius 2 is 0.737 bits per heavy atom. The molecule has 2 aromatic carbocycles. The molecule has 0 aromatic heterocycles. The molecule has 0 unspecified atom stereocenters. The maximum absolute atomic E-state index is 3.86.